The molecular weight excluding hydrogens is 288 g/mol. The van der Waals surface area contributed by atoms with E-state index in [1.807, 2.05) is 6.92 Å². The van der Waals surface area contributed by atoms with E-state index in [0.717, 1.165) is 50.4 Å². The van der Waals surface area contributed by atoms with E-state index in [1.165, 1.54) is 0 Å². The van der Waals surface area contributed by atoms with Gasteiger partial charge in [0.2, 0.25) is 0 Å². The summed E-state index contributed by atoms with van der Waals surface area (Å²) in [4.78, 5) is 11.0. The first-order valence-corrected chi connectivity index (χ1v) is 7.95. The van der Waals surface area contributed by atoms with Gasteiger partial charge < -0.3 is 9.47 Å². The van der Waals surface area contributed by atoms with Gasteiger partial charge in [-0.3, -0.25) is 4.79 Å². The Morgan fingerprint density at radius 2 is 1.61 bits per heavy atom. The molecule has 0 saturated carbocycles. The fraction of sp³-hybridized carbons (Fsp3) is 0.450. The fourth-order valence-electron chi connectivity index (χ4n) is 2.14. The lowest BCUT2D eigenvalue weighted by Crippen LogP contribution is -2.05. The molecule has 1 aromatic carbocycles. The highest BCUT2D eigenvalue weighted by atomic mass is 16.5. The highest BCUT2D eigenvalue weighted by Crippen LogP contribution is 2.32. The third kappa shape index (κ3) is 6.94. The zero-order valence-corrected chi connectivity index (χ0v) is 13.8. The zero-order chi connectivity index (χ0) is 16.9. The van der Waals surface area contributed by atoms with Gasteiger partial charge in [0.1, 0.15) is 6.29 Å². The average Bonchev–Trinajstić information content (AvgIpc) is 2.55. The molecule has 0 spiro atoms. The summed E-state index contributed by atoms with van der Waals surface area (Å²) in [7, 11) is 0. The Hall–Kier alpha value is -2.39. The van der Waals surface area contributed by atoms with Crippen molar-refractivity contribution >= 4 is 6.29 Å². The average molecular weight is 312 g/mol. The topological polar surface area (TPSA) is 35.5 Å². The maximum absolute atomic E-state index is 11.0. The number of benzene rings is 1. The lowest BCUT2D eigenvalue weighted by Gasteiger charge is -2.15. The molecule has 0 aliphatic rings. The zero-order valence-electron chi connectivity index (χ0n) is 13.8. The Balaban J connectivity index is 2.67. The number of aldehydes is 1. The Morgan fingerprint density at radius 1 is 1.00 bits per heavy atom. The quantitative estimate of drug-likeness (QED) is 0.349. The van der Waals surface area contributed by atoms with Crippen LogP contribution in [0.1, 0.15) is 54.4 Å². The largest absolute Gasteiger partial charge is 0.490 e. The predicted octanol–water partition coefficient (Wildman–Crippen LogP) is 4.17. The van der Waals surface area contributed by atoms with E-state index >= 15 is 0 Å². The number of ether oxygens (including phenoxy) is 2. The summed E-state index contributed by atoms with van der Waals surface area (Å²) < 4.78 is 11.7. The van der Waals surface area contributed by atoms with Gasteiger partial charge in [0.25, 0.3) is 0 Å². The van der Waals surface area contributed by atoms with Crippen molar-refractivity contribution in [3.63, 3.8) is 0 Å². The summed E-state index contributed by atoms with van der Waals surface area (Å²) in [5.74, 6) is 6.54. The van der Waals surface area contributed by atoms with Crippen molar-refractivity contribution in [2.75, 3.05) is 13.2 Å². The molecule has 0 radical (unpaired) electrons. The Labute approximate surface area is 139 Å². The first-order valence-electron chi connectivity index (χ1n) is 7.95. The van der Waals surface area contributed by atoms with Crippen molar-refractivity contribution < 1.29 is 14.3 Å². The molecule has 0 unspecified atom stereocenters. The maximum Gasteiger partial charge on any atom is 0.164 e. The van der Waals surface area contributed by atoms with E-state index in [1.54, 1.807) is 12.1 Å². The molecule has 0 N–H and O–H groups in total. The summed E-state index contributed by atoms with van der Waals surface area (Å²) in [5.41, 5.74) is 1.48. The summed E-state index contributed by atoms with van der Waals surface area (Å²) in [6.07, 6.45) is 16.4. The molecule has 3 nitrogen and oxygen atoms in total. The number of aryl methyl sites for hydroxylation is 1. The van der Waals surface area contributed by atoms with Crippen molar-refractivity contribution in [3.8, 4) is 36.2 Å². The second-order valence-corrected chi connectivity index (χ2v) is 5.30. The third-order valence-electron chi connectivity index (χ3n) is 3.33. The van der Waals surface area contributed by atoms with Crippen molar-refractivity contribution in [2.24, 2.45) is 0 Å². The molecule has 0 aliphatic carbocycles. The van der Waals surface area contributed by atoms with Crippen LogP contribution in [0.15, 0.2) is 12.1 Å². The summed E-state index contributed by atoms with van der Waals surface area (Å²) >= 11 is 0. The number of carbonyl (C=O) groups excluding carboxylic acids is 1. The van der Waals surface area contributed by atoms with E-state index in [0.29, 0.717) is 30.3 Å². The fourth-order valence-corrected chi connectivity index (χ4v) is 2.14. The van der Waals surface area contributed by atoms with E-state index in [-0.39, 0.29) is 0 Å². The van der Waals surface area contributed by atoms with Crippen LogP contribution in [-0.4, -0.2) is 19.5 Å². The van der Waals surface area contributed by atoms with Gasteiger partial charge >= 0.3 is 0 Å². The van der Waals surface area contributed by atoms with Crippen molar-refractivity contribution in [1.82, 2.24) is 0 Å². The minimum atomic E-state index is 0.552. The molecule has 0 amide bonds. The van der Waals surface area contributed by atoms with Gasteiger partial charge in [-0.15, -0.1) is 24.7 Å². The molecule has 1 aromatic rings. The predicted molar refractivity (Wildman–Crippen MR) is 92.9 cm³/mol. The second kappa shape index (κ2) is 11.2. The van der Waals surface area contributed by atoms with Crippen LogP contribution in [-0.2, 0) is 0 Å². The number of terminal acetylenes is 2. The van der Waals surface area contributed by atoms with Crippen molar-refractivity contribution in [3.05, 3.63) is 23.3 Å². The van der Waals surface area contributed by atoms with Gasteiger partial charge in [-0.25, -0.2) is 0 Å². The normalized spacial score (nSPS) is 9.70. The Morgan fingerprint density at radius 3 is 2.17 bits per heavy atom. The minimum absolute atomic E-state index is 0.552. The van der Waals surface area contributed by atoms with Crippen LogP contribution in [0.5, 0.6) is 11.5 Å². The molecule has 0 atom stereocenters. The minimum Gasteiger partial charge on any atom is -0.490 e. The molecule has 0 aromatic heterocycles. The lowest BCUT2D eigenvalue weighted by molar-refractivity contribution is 0.112. The number of hydrogen-bond acceptors (Lipinski definition) is 3. The standard InChI is InChI=1S/C20H24O3/c1-4-6-8-10-12-22-19-15-18(16-21)14-17(3)20(19)23-13-11-9-7-5-2/h1-2,14-16H,6-13H2,3H3. The molecule has 1 rings (SSSR count). The van der Waals surface area contributed by atoms with Gasteiger partial charge in [-0.1, -0.05) is 0 Å². The van der Waals surface area contributed by atoms with E-state index < -0.39 is 0 Å². The van der Waals surface area contributed by atoms with Gasteiger partial charge in [0.15, 0.2) is 11.5 Å². The first kappa shape index (κ1) is 18.7. The molecule has 23 heavy (non-hydrogen) atoms. The number of hydrogen-bond donors (Lipinski definition) is 0. The van der Waals surface area contributed by atoms with E-state index in [9.17, 15) is 4.79 Å². The highest BCUT2D eigenvalue weighted by molar-refractivity contribution is 5.77. The first-order chi connectivity index (χ1) is 11.2. The monoisotopic (exact) mass is 312 g/mol. The second-order valence-electron chi connectivity index (χ2n) is 5.30. The molecule has 122 valence electrons. The van der Waals surface area contributed by atoms with Crippen LogP contribution < -0.4 is 9.47 Å². The highest BCUT2D eigenvalue weighted by Gasteiger charge is 2.11. The number of carbonyl (C=O) groups is 1. The van der Waals surface area contributed by atoms with Gasteiger partial charge in [0, 0.05) is 18.4 Å². The van der Waals surface area contributed by atoms with Crippen LogP contribution >= 0.6 is 0 Å². The van der Waals surface area contributed by atoms with Gasteiger partial charge in [-0.05, 0) is 50.3 Å². The van der Waals surface area contributed by atoms with Crippen LogP contribution in [0.3, 0.4) is 0 Å². The van der Waals surface area contributed by atoms with Crippen molar-refractivity contribution in [1.29, 1.82) is 0 Å². The maximum atomic E-state index is 11.0. The van der Waals surface area contributed by atoms with Gasteiger partial charge in [0.05, 0.1) is 13.2 Å². The van der Waals surface area contributed by atoms with Crippen LogP contribution in [0, 0.1) is 31.6 Å². The molecule has 0 fully saturated rings. The molecule has 0 aliphatic heterocycles. The van der Waals surface area contributed by atoms with E-state index in [2.05, 4.69) is 11.8 Å². The Bertz CT molecular complexity index is 576. The van der Waals surface area contributed by atoms with Crippen LogP contribution in [0.25, 0.3) is 0 Å². The molecular formula is C20H24O3. The summed E-state index contributed by atoms with van der Waals surface area (Å²) in [5, 5.41) is 0. The number of unbranched alkanes of at least 4 members (excludes halogenated alkanes) is 4. The van der Waals surface area contributed by atoms with Crippen LogP contribution in [0.4, 0.5) is 0 Å². The Kier molecular flexibility index (Phi) is 9.10. The van der Waals surface area contributed by atoms with E-state index in [4.69, 9.17) is 22.3 Å². The molecule has 0 bridgehead atoms. The number of rotatable bonds is 11. The third-order valence-corrected chi connectivity index (χ3v) is 3.33. The summed E-state index contributed by atoms with van der Waals surface area (Å²) in [6, 6.07) is 3.52. The van der Waals surface area contributed by atoms with Crippen molar-refractivity contribution in [2.45, 2.75) is 45.4 Å². The molecule has 3 heteroatoms. The molecule has 0 heterocycles. The SMILES string of the molecule is C#CCCCCOc1cc(C=O)cc(C)c1OCCCCC#C. The van der Waals surface area contributed by atoms with Gasteiger partial charge in [-0.2, -0.15) is 0 Å². The smallest absolute Gasteiger partial charge is 0.164 e. The summed E-state index contributed by atoms with van der Waals surface area (Å²) in [6.45, 7) is 3.04. The molecule has 0 saturated heterocycles. The van der Waals surface area contributed by atoms with Crippen LogP contribution in [0.2, 0.25) is 0 Å². The lowest BCUT2D eigenvalue weighted by atomic mass is 10.1.